The van der Waals surface area contributed by atoms with Crippen LogP contribution in [0.1, 0.15) is 28.7 Å². The number of aromatic amines is 1. The number of Topliss-reactive ketones (excluding diaryl/α,β-unsaturated/α-hetero) is 1. The molecule has 12 heavy (non-hydrogen) atoms. The van der Waals surface area contributed by atoms with E-state index in [1.54, 1.807) is 0 Å². The molecule has 1 aromatic heterocycles. The van der Waals surface area contributed by atoms with Crippen molar-refractivity contribution >= 4 is 17.4 Å². The molecular weight excluding hydrogens is 174 g/mol. The second-order valence-electron chi connectivity index (χ2n) is 2.76. The molecule has 1 aromatic rings. The lowest BCUT2D eigenvalue weighted by atomic mass is 10.2. The molecule has 0 spiro atoms. The van der Waals surface area contributed by atoms with Gasteiger partial charge in [-0.15, -0.1) is 11.6 Å². The number of nitrogens with one attached hydrogen (secondary N) is 1. The second kappa shape index (κ2) is 3.76. The van der Waals surface area contributed by atoms with Crippen LogP contribution < -0.4 is 0 Å². The van der Waals surface area contributed by atoms with Crippen molar-refractivity contribution < 1.29 is 4.79 Å². The molecule has 1 N–H and O–H groups in total. The number of hydrogen-bond acceptors (Lipinski definition) is 1. The number of aryl methyl sites for hydroxylation is 2. The summed E-state index contributed by atoms with van der Waals surface area (Å²) < 4.78 is 0. The normalized spacial score (nSPS) is 10.2. The third-order valence-electron chi connectivity index (χ3n) is 1.85. The van der Waals surface area contributed by atoms with Gasteiger partial charge in [-0.25, -0.2) is 0 Å². The van der Waals surface area contributed by atoms with E-state index in [0.717, 1.165) is 17.7 Å². The van der Waals surface area contributed by atoms with E-state index in [0.29, 0.717) is 5.69 Å². The summed E-state index contributed by atoms with van der Waals surface area (Å²) in [6.45, 7) is 3.95. The molecule has 0 saturated carbocycles. The molecule has 0 aliphatic heterocycles. The highest BCUT2D eigenvalue weighted by Gasteiger charge is 2.10. The number of halogens is 1. The topological polar surface area (TPSA) is 32.9 Å². The molecule has 0 radical (unpaired) electrons. The molecule has 0 aromatic carbocycles. The van der Waals surface area contributed by atoms with Crippen molar-refractivity contribution in [2.75, 3.05) is 5.88 Å². The SMILES string of the molecule is CCc1cc(C)c(C(=O)CCl)[nH]1. The van der Waals surface area contributed by atoms with E-state index in [2.05, 4.69) is 4.98 Å². The van der Waals surface area contributed by atoms with E-state index in [-0.39, 0.29) is 11.7 Å². The molecule has 66 valence electrons. The van der Waals surface area contributed by atoms with Gasteiger partial charge in [0, 0.05) is 5.69 Å². The minimum absolute atomic E-state index is 0.0335. The van der Waals surface area contributed by atoms with Crippen molar-refractivity contribution in [2.45, 2.75) is 20.3 Å². The summed E-state index contributed by atoms with van der Waals surface area (Å²) in [4.78, 5) is 14.2. The average Bonchev–Trinajstić information content (AvgIpc) is 2.45. The lowest BCUT2D eigenvalue weighted by molar-refractivity contribution is 0.101. The molecule has 3 heteroatoms. The van der Waals surface area contributed by atoms with E-state index in [4.69, 9.17) is 11.6 Å². The molecule has 0 amide bonds. The van der Waals surface area contributed by atoms with Crippen LogP contribution in [0.5, 0.6) is 0 Å². The fourth-order valence-corrected chi connectivity index (χ4v) is 1.31. The highest BCUT2D eigenvalue weighted by molar-refractivity contribution is 6.30. The van der Waals surface area contributed by atoms with Crippen LogP contribution in [0.4, 0.5) is 0 Å². The van der Waals surface area contributed by atoms with Crippen LogP contribution in [0.3, 0.4) is 0 Å². The number of carbonyl (C=O) groups excluding carboxylic acids is 1. The maximum Gasteiger partial charge on any atom is 0.193 e. The second-order valence-corrected chi connectivity index (χ2v) is 3.03. The number of carbonyl (C=O) groups is 1. The maximum atomic E-state index is 11.2. The highest BCUT2D eigenvalue weighted by Crippen LogP contribution is 2.11. The van der Waals surface area contributed by atoms with Gasteiger partial charge in [0.15, 0.2) is 5.78 Å². The van der Waals surface area contributed by atoms with Crippen LogP contribution in [-0.2, 0) is 6.42 Å². The van der Waals surface area contributed by atoms with Crippen molar-refractivity contribution in [3.63, 3.8) is 0 Å². The minimum atomic E-state index is -0.0335. The van der Waals surface area contributed by atoms with Crippen LogP contribution >= 0.6 is 11.6 Å². The first kappa shape index (κ1) is 9.33. The number of hydrogen-bond donors (Lipinski definition) is 1. The molecule has 0 saturated heterocycles. The Morgan fingerprint density at radius 3 is 2.75 bits per heavy atom. The van der Waals surface area contributed by atoms with Crippen LogP contribution in [-0.4, -0.2) is 16.6 Å². The number of ketones is 1. The van der Waals surface area contributed by atoms with Crippen molar-refractivity contribution in [3.05, 3.63) is 23.0 Å². The summed E-state index contributed by atoms with van der Waals surface area (Å²) in [5.74, 6) is 0.0127. The summed E-state index contributed by atoms with van der Waals surface area (Å²) in [7, 11) is 0. The molecule has 2 nitrogen and oxygen atoms in total. The molecule has 0 unspecified atom stereocenters. The fourth-order valence-electron chi connectivity index (χ4n) is 1.18. The highest BCUT2D eigenvalue weighted by atomic mass is 35.5. The number of aromatic nitrogens is 1. The van der Waals surface area contributed by atoms with Crippen molar-refractivity contribution in [3.8, 4) is 0 Å². The van der Waals surface area contributed by atoms with Crippen LogP contribution in [0, 0.1) is 6.92 Å². The van der Waals surface area contributed by atoms with Gasteiger partial charge in [0.25, 0.3) is 0 Å². The van der Waals surface area contributed by atoms with Crippen LogP contribution in [0.25, 0.3) is 0 Å². The summed E-state index contributed by atoms with van der Waals surface area (Å²) >= 11 is 5.44. The Bertz CT molecular complexity index is 291. The van der Waals surface area contributed by atoms with Gasteiger partial charge in [0.05, 0.1) is 11.6 Å². The van der Waals surface area contributed by atoms with Crippen molar-refractivity contribution in [1.82, 2.24) is 4.98 Å². The van der Waals surface area contributed by atoms with Crippen molar-refractivity contribution in [2.24, 2.45) is 0 Å². The first-order chi connectivity index (χ1) is 5.69. The summed E-state index contributed by atoms with van der Waals surface area (Å²) in [6, 6.07) is 1.99. The van der Waals surface area contributed by atoms with E-state index in [9.17, 15) is 4.79 Å². The Morgan fingerprint density at radius 2 is 2.33 bits per heavy atom. The van der Waals surface area contributed by atoms with Gasteiger partial charge in [-0.05, 0) is 25.0 Å². The predicted molar refractivity (Wildman–Crippen MR) is 50.0 cm³/mol. The standard InChI is InChI=1S/C9H12ClNO/c1-3-7-4-6(2)9(11-7)8(12)5-10/h4,11H,3,5H2,1-2H3. The zero-order valence-corrected chi connectivity index (χ0v) is 8.03. The molecule has 1 heterocycles. The molecule has 0 fully saturated rings. The van der Waals surface area contributed by atoms with Crippen LogP contribution in [0.2, 0.25) is 0 Å². The van der Waals surface area contributed by atoms with E-state index in [1.807, 2.05) is 19.9 Å². The third kappa shape index (κ3) is 1.69. The summed E-state index contributed by atoms with van der Waals surface area (Å²) in [5.41, 5.74) is 2.72. The molecule has 1 rings (SSSR count). The molecular formula is C9H12ClNO. The maximum absolute atomic E-state index is 11.2. The van der Waals surface area contributed by atoms with Gasteiger partial charge < -0.3 is 4.98 Å². The van der Waals surface area contributed by atoms with Gasteiger partial charge in [0.2, 0.25) is 0 Å². The summed E-state index contributed by atoms with van der Waals surface area (Å²) in [6.07, 6.45) is 0.913. The van der Waals surface area contributed by atoms with Gasteiger partial charge in [-0.3, -0.25) is 4.79 Å². The largest absolute Gasteiger partial charge is 0.356 e. The Balaban J connectivity index is 2.99. The van der Waals surface area contributed by atoms with E-state index < -0.39 is 0 Å². The molecule has 0 aliphatic rings. The first-order valence-electron chi connectivity index (χ1n) is 3.96. The van der Waals surface area contributed by atoms with Gasteiger partial charge in [-0.1, -0.05) is 6.92 Å². The van der Waals surface area contributed by atoms with Gasteiger partial charge in [0.1, 0.15) is 0 Å². The monoisotopic (exact) mass is 185 g/mol. The average molecular weight is 186 g/mol. The lowest BCUT2D eigenvalue weighted by Crippen LogP contribution is -2.02. The van der Waals surface area contributed by atoms with Crippen molar-refractivity contribution in [1.29, 1.82) is 0 Å². The number of rotatable bonds is 3. The smallest absolute Gasteiger partial charge is 0.193 e. The van der Waals surface area contributed by atoms with E-state index >= 15 is 0 Å². The fraction of sp³-hybridized carbons (Fsp3) is 0.444. The Kier molecular flexibility index (Phi) is 2.93. The zero-order chi connectivity index (χ0) is 9.14. The Labute approximate surface area is 76.9 Å². The van der Waals surface area contributed by atoms with Crippen LogP contribution in [0.15, 0.2) is 6.07 Å². The summed E-state index contributed by atoms with van der Waals surface area (Å²) in [5, 5.41) is 0. The Morgan fingerprint density at radius 1 is 1.67 bits per heavy atom. The minimum Gasteiger partial charge on any atom is -0.356 e. The third-order valence-corrected chi connectivity index (χ3v) is 2.09. The zero-order valence-electron chi connectivity index (χ0n) is 7.28. The van der Waals surface area contributed by atoms with Gasteiger partial charge >= 0.3 is 0 Å². The Hall–Kier alpha value is -0.760. The first-order valence-corrected chi connectivity index (χ1v) is 4.50. The molecule has 0 bridgehead atoms. The molecule has 0 aliphatic carbocycles. The van der Waals surface area contributed by atoms with Gasteiger partial charge in [-0.2, -0.15) is 0 Å². The lowest BCUT2D eigenvalue weighted by Gasteiger charge is -1.93. The number of H-pyrrole nitrogens is 1. The molecule has 0 atom stereocenters. The van der Waals surface area contributed by atoms with E-state index in [1.165, 1.54) is 0 Å². The predicted octanol–water partition coefficient (Wildman–Crippen LogP) is 2.31. The number of alkyl halides is 1. The quantitative estimate of drug-likeness (QED) is 0.569.